The first-order valence-electron chi connectivity index (χ1n) is 8.75. The molecule has 0 saturated heterocycles. The number of H-pyrrole nitrogens is 1. The van der Waals surface area contributed by atoms with Gasteiger partial charge in [-0.2, -0.15) is 5.10 Å². The van der Waals surface area contributed by atoms with E-state index >= 15 is 0 Å². The lowest BCUT2D eigenvalue weighted by atomic mass is 10.2. The summed E-state index contributed by atoms with van der Waals surface area (Å²) in [5, 5.41) is 10.8. The Bertz CT molecular complexity index is 1460. The fraction of sp³-hybridized carbons (Fsp3) is 0.111. The molecule has 0 fully saturated rings. The highest BCUT2D eigenvalue weighted by molar-refractivity contribution is 9.10. The molecule has 9 nitrogen and oxygen atoms in total. The number of fused-ring (bicyclic) bond motifs is 2. The van der Waals surface area contributed by atoms with Crippen molar-refractivity contribution in [3.8, 4) is 5.82 Å². The van der Waals surface area contributed by atoms with Gasteiger partial charge in [0.15, 0.2) is 11.6 Å². The van der Waals surface area contributed by atoms with Gasteiger partial charge in [0.05, 0.1) is 38.1 Å². The number of thiazole rings is 1. The van der Waals surface area contributed by atoms with Crippen LogP contribution in [0.25, 0.3) is 27.1 Å². The molecule has 0 spiro atoms. The van der Waals surface area contributed by atoms with Crippen LogP contribution < -0.4 is 10.9 Å². The van der Waals surface area contributed by atoms with Gasteiger partial charge in [-0.15, -0.1) is 11.3 Å². The Labute approximate surface area is 186 Å². The third kappa shape index (κ3) is 3.06. The van der Waals surface area contributed by atoms with Crippen LogP contribution in [0.4, 0.5) is 5.82 Å². The normalized spacial score (nSPS) is 12.5. The van der Waals surface area contributed by atoms with Crippen LogP contribution in [-0.4, -0.2) is 34.7 Å². The van der Waals surface area contributed by atoms with E-state index in [2.05, 4.69) is 46.4 Å². The molecule has 4 heterocycles. The van der Waals surface area contributed by atoms with Crippen molar-refractivity contribution in [2.75, 3.05) is 5.32 Å². The molecular weight excluding hydrogens is 492 g/mol. The number of hydrogen-bond donors (Lipinski definition) is 2. The van der Waals surface area contributed by atoms with E-state index in [0.717, 1.165) is 4.83 Å². The van der Waals surface area contributed by atoms with Crippen molar-refractivity contribution in [2.45, 2.75) is 13.0 Å². The number of rotatable bonds is 4. The number of nitrogens with one attached hydrogen (secondary N) is 2. The Kier molecular flexibility index (Phi) is 4.72. The van der Waals surface area contributed by atoms with E-state index in [1.54, 1.807) is 29.9 Å². The van der Waals surface area contributed by atoms with Crippen molar-refractivity contribution in [1.82, 2.24) is 34.7 Å². The standard InChI is InChI=1S/C18H12BrClN8OS/c1-8(25-14-13-17(22-6-21-14)30-7-23-13)15-26-11-4-2-3-10(20)12(11)18(29)28(15)16-9(19)5-24-27-16/h2-8H,1H3,(H,24,27)(H,21,22,25). The molecule has 5 rings (SSSR count). The maximum absolute atomic E-state index is 13.5. The van der Waals surface area contributed by atoms with E-state index in [4.69, 9.17) is 16.6 Å². The predicted molar refractivity (Wildman–Crippen MR) is 119 cm³/mol. The first-order valence-corrected chi connectivity index (χ1v) is 10.8. The predicted octanol–water partition coefficient (Wildman–Crippen LogP) is 4.10. The quantitative estimate of drug-likeness (QED) is 0.379. The fourth-order valence-electron chi connectivity index (χ4n) is 3.20. The number of hydrogen-bond acceptors (Lipinski definition) is 8. The smallest absolute Gasteiger partial charge is 0.268 e. The zero-order valence-electron chi connectivity index (χ0n) is 15.3. The van der Waals surface area contributed by atoms with Crippen LogP contribution in [-0.2, 0) is 0 Å². The summed E-state index contributed by atoms with van der Waals surface area (Å²) in [6.45, 7) is 1.89. The summed E-state index contributed by atoms with van der Waals surface area (Å²) in [4.78, 5) is 31.8. The second-order valence-electron chi connectivity index (χ2n) is 6.41. The van der Waals surface area contributed by atoms with Gasteiger partial charge in [0.25, 0.3) is 5.56 Å². The van der Waals surface area contributed by atoms with Gasteiger partial charge in [-0.3, -0.25) is 9.89 Å². The number of aromatic amines is 1. The van der Waals surface area contributed by atoms with Crippen LogP contribution in [0.2, 0.25) is 5.02 Å². The first-order chi connectivity index (χ1) is 14.5. The third-order valence-electron chi connectivity index (χ3n) is 4.55. The summed E-state index contributed by atoms with van der Waals surface area (Å²) in [5.74, 6) is 1.48. The van der Waals surface area contributed by atoms with E-state index < -0.39 is 6.04 Å². The van der Waals surface area contributed by atoms with Crippen molar-refractivity contribution >= 4 is 65.9 Å². The average Bonchev–Trinajstić information content (AvgIpc) is 3.37. The van der Waals surface area contributed by atoms with Gasteiger partial charge < -0.3 is 5.32 Å². The Hall–Kier alpha value is -2.89. The van der Waals surface area contributed by atoms with Crippen LogP contribution >= 0.6 is 38.9 Å². The lowest BCUT2D eigenvalue weighted by molar-refractivity contribution is 0.719. The van der Waals surface area contributed by atoms with E-state index in [0.29, 0.717) is 43.4 Å². The molecule has 0 saturated carbocycles. The van der Waals surface area contributed by atoms with Gasteiger partial charge in [0.1, 0.15) is 22.5 Å². The molecule has 30 heavy (non-hydrogen) atoms. The Morgan fingerprint density at radius 1 is 1.30 bits per heavy atom. The van der Waals surface area contributed by atoms with Crippen molar-refractivity contribution < 1.29 is 0 Å². The molecule has 5 aromatic rings. The second-order valence-corrected chi connectivity index (χ2v) is 8.50. The van der Waals surface area contributed by atoms with E-state index in [-0.39, 0.29) is 5.56 Å². The molecule has 4 aromatic heterocycles. The Balaban J connectivity index is 1.72. The molecule has 1 unspecified atom stereocenters. The Morgan fingerprint density at radius 2 is 2.17 bits per heavy atom. The monoisotopic (exact) mass is 502 g/mol. The van der Waals surface area contributed by atoms with Crippen molar-refractivity contribution in [3.05, 3.63) is 61.9 Å². The molecule has 2 N–H and O–H groups in total. The van der Waals surface area contributed by atoms with Crippen LogP contribution in [0.1, 0.15) is 18.8 Å². The summed E-state index contributed by atoms with van der Waals surface area (Å²) >= 11 is 11.2. The van der Waals surface area contributed by atoms with E-state index in [1.165, 1.54) is 22.2 Å². The molecule has 1 atom stereocenters. The zero-order valence-corrected chi connectivity index (χ0v) is 18.5. The molecule has 0 aliphatic carbocycles. The average molecular weight is 504 g/mol. The minimum atomic E-state index is -0.406. The molecule has 0 radical (unpaired) electrons. The van der Waals surface area contributed by atoms with Crippen molar-refractivity contribution in [2.24, 2.45) is 0 Å². The van der Waals surface area contributed by atoms with Gasteiger partial charge in [-0.25, -0.2) is 24.5 Å². The fourth-order valence-corrected chi connectivity index (χ4v) is 4.45. The molecule has 0 amide bonds. The summed E-state index contributed by atoms with van der Waals surface area (Å²) in [6.07, 6.45) is 3.05. The van der Waals surface area contributed by atoms with Gasteiger partial charge >= 0.3 is 0 Å². The molecule has 150 valence electrons. The zero-order chi connectivity index (χ0) is 20.8. The van der Waals surface area contributed by atoms with Gasteiger partial charge in [-0.05, 0) is 35.0 Å². The number of nitrogens with zero attached hydrogens (tertiary/aromatic N) is 6. The molecule has 12 heteroatoms. The number of halogens is 2. The summed E-state index contributed by atoms with van der Waals surface area (Å²) in [5.41, 5.74) is 2.57. The van der Waals surface area contributed by atoms with E-state index in [1.807, 2.05) is 6.92 Å². The second kappa shape index (κ2) is 7.42. The van der Waals surface area contributed by atoms with Gasteiger partial charge in [0.2, 0.25) is 0 Å². The van der Waals surface area contributed by atoms with Gasteiger partial charge in [-0.1, -0.05) is 17.7 Å². The highest BCUT2D eigenvalue weighted by atomic mass is 79.9. The van der Waals surface area contributed by atoms with Crippen LogP contribution in [0.3, 0.4) is 0 Å². The third-order valence-corrected chi connectivity index (χ3v) is 6.17. The molecule has 0 bridgehead atoms. The van der Waals surface area contributed by atoms with E-state index in [9.17, 15) is 4.79 Å². The van der Waals surface area contributed by atoms with Crippen molar-refractivity contribution in [1.29, 1.82) is 0 Å². The number of aromatic nitrogens is 7. The highest BCUT2D eigenvalue weighted by Gasteiger charge is 2.22. The van der Waals surface area contributed by atoms with Gasteiger partial charge in [0, 0.05) is 0 Å². The molecule has 0 aliphatic heterocycles. The van der Waals surface area contributed by atoms with Crippen LogP contribution in [0.5, 0.6) is 0 Å². The highest BCUT2D eigenvalue weighted by Crippen LogP contribution is 2.28. The lowest BCUT2D eigenvalue weighted by Crippen LogP contribution is -2.28. The number of benzene rings is 1. The van der Waals surface area contributed by atoms with Crippen molar-refractivity contribution in [3.63, 3.8) is 0 Å². The summed E-state index contributed by atoms with van der Waals surface area (Å²) in [6, 6.07) is 4.78. The largest absolute Gasteiger partial charge is 0.358 e. The molecular formula is C18H12BrClN8OS. The van der Waals surface area contributed by atoms with Crippen LogP contribution in [0.15, 0.2) is 45.5 Å². The molecule has 1 aromatic carbocycles. The summed E-state index contributed by atoms with van der Waals surface area (Å²) < 4.78 is 2.08. The minimum absolute atomic E-state index is 0.305. The maximum Gasteiger partial charge on any atom is 0.268 e. The Morgan fingerprint density at radius 3 is 2.97 bits per heavy atom. The van der Waals surface area contributed by atoms with Crippen LogP contribution in [0, 0.1) is 0 Å². The lowest BCUT2D eigenvalue weighted by Gasteiger charge is -2.19. The topological polar surface area (TPSA) is 114 Å². The maximum atomic E-state index is 13.5. The minimum Gasteiger partial charge on any atom is -0.358 e. The SMILES string of the molecule is CC(Nc1ncnc2scnc12)c1nc2cccc(Cl)c2c(=O)n1-c1[nH]ncc1Br. The first kappa shape index (κ1) is 19.1. The summed E-state index contributed by atoms with van der Waals surface area (Å²) in [7, 11) is 0. The number of anilines is 1. The molecule has 0 aliphatic rings.